The van der Waals surface area contributed by atoms with E-state index < -0.39 is 12.1 Å². The van der Waals surface area contributed by atoms with Gasteiger partial charge < -0.3 is 33.2 Å². The summed E-state index contributed by atoms with van der Waals surface area (Å²) in [5.41, 5.74) is 17.4. The molecule has 2 atom stereocenters. The van der Waals surface area contributed by atoms with Crippen molar-refractivity contribution in [1.82, 2.24) is 10.6 Å². The Bertz CT molecular complexity index is 887. The molecule has 2 amide bonds. The van der Waals surface area contributed by atoms with Crippen LogP contribution in [0, 0.1) is 5.41 Å². The normalized spacial score (nSPS) is 12.7. The fourth-order valence-corrected chi connectivity index (χ4v) is 3.21. The van der Waals surface area contributed by atoms with Gasteiger partial charge in [-0.2, -0.15) is 0 Å². The second-order valence-electron chi connectivity index (χ2n) is 7.49. The number of guanidine groups is 1. The van der Waals surface area contributed by atoms with Gasteiger partial charge in [0.25, 0.3) is 0 Å². The van der Waals surface area contributed by atoms with Crippen molar-refractivity contribution in [2.24, 2.45) is 17.2 Å². The SMILES string of the molecule is N=C(N)NCCC[C@H](NC(=O)[C@@H](N)CCCCN)C(=O)Nc1ccc2ccccc2c1. The van der Waals surface area contributed by atoms with Crippen LogP contribution in [0.25, 0.3) is 10.8 Å². The first-order chi connectivity index (χ1) is 14.9. The lowest BCUT2D eigenvalue weighted by molar-refractivity contribution is -0.127. The largest absolute Gasteiger partial charge is 0.370 e. The molecular weight excluding hydrogens is 394 g/mol. The van der Waals surface area contributed by atoms with E-state index in [4.69, 9.17) is 22.6 Å². The van der Waals surface area contributed by atoms with Gasteiger partial charge in [-0.1, -0.05) is 36.8 Å². The highest BCUT2D eigenvalue weighted by Crippen LogP contribution is 2.19. The van der Waals surface area contributed by atoms with E-state index in [0.29, 0.717) is 38.0 Å². The summed E-state index contributed by atoms with van der Waals surface area (Å²) in [7, 11) is 0. The van der Waals surface area contributed by atoms with Crippen LogP contribution in [0.3, 0.4) is 0 Å². The van der Waals surface area contributed by atoms with Crippen LogP contribution in [0.1, 0.15) is 32.1 Å². The van der Waals surface area contributed by atoms with Gasteiger partial charge in [-0.05, 0) is 55.1 Å². The maximum absolute atomic E-state index is 12.9. The van der Waals surface area contributed by atoms with E-state index in [9.17, 15) is 9.59 Å². The molecule has 2 aromatic rings. The van der Waals surface area contributed by atoms with Gasteiger partial charge in [-0.3, -0.25) is 15.0 Å². The van der Waals surface area contributed by atoms with Gasteiger partial charge in [0.2, 0.25) is 11.8 Å². The number of rotatable bonds is 12. The number of carbonyl (C=O) groups is 2. The molecule has 0 bridgehead atoms. The van der Waals surface area contributed by atoms with Crippen LogP contribution in [-0.4, -0.2) is 42.9 Å². The molecule has 31 heavy (non-hydrogen) atoms. The maximum Gasteiger partial charge on any atom is 0.246 e. The van der Waals surface area contributed by atoms with Crippen molar-refractivity contribution in [1.29, 1.82) is 5.41 Å². The summed E-state index contributed by atoms with van der Waals surface area (Å²) in [6.45, 7) is 0.974. The van der Waals surface area contributed by atoms with Gasteiger partial charge in [0, 0.05) is 12.2 Å². The average Bonchev–Trinajstić information content (AvgIpc) is 2.75. The molecule has 0 saturated heterocycles. The Balaban J connectivity index is 2.03. The second kappa shape index (κ2) is 12.5. The van der Waals surface area contributed by atoms with Gasteiger partial charge in [-0.15, -0.1) is 0 Å². The number of nitrogens with two attached hydrogens (primary N) is 3. The van der Waals surface area contributed by atoms with Crippen molar-refractivity contribution in [3.63, 3.8) is 0 Å². The Labute approximate surface area is 182 Å². The highest BCUT2D eigenvalue weighted by atomic mass is 16.2. The van der Waals surface area contributed by atoms with Crippen LogP contribution in [0.5, 0.6) is 0 Å². The minimum absolute atomic E-state index is 0.136. The molecule has 0 aliphatic rings. The van der Waals surface area contributed by atoms with Crippen molar-refractivity contribution in [3.8, 4) is 0 Å². The molecule has 0 fully saturated rings. The van der Waals surface area contributed by atoms with Crippen LogP contribution >= 0.6 is 0 Å². The maximum atomic E-state index is 12.9. The number of unbranched alkanes of at least 4 members (excludes halogenated alkanes) is 1. The van der Waals surface area contributed by atoms with Crippen LogP contribution in [0.4, 0.5) is 5.69 Å². The third-order valence-corrected chi connectivity index (χ3v) is 4.94. The third kappa shape index (κ3) is 8.23. The zero-order valence-corrected chi connectivity index (χ0v) is 17.7. The second-order valence-corrected chi connectivity index (χ2v) is 7.49. The molecule has 0 saturated carbocycles. The Morgan fingerprint density at radius 3 is 2.42 bits per heavy atom. The topological polar surface area (TPSA) is 172 Å². The predicted octanol–water partition coefficient (Wildman–Crippen LogP) is 0.983. The lowest BCUT2D eigenvalue weighted by Crippen LogP contribution is -2.50. The number of fused-ring (bicyclic) bond motifs is 1. The summed E-state index contributed by atoms with van der Waals surface area (Å²) in [5, 5.41) is 17.7. The van der Waals surface area contributed by atoms with Crippen molar-refractivity contribution in [2.75, 3.05) is 18.4 Å². The lowest BCUT2D eigenvalue weighted by atomic mass is 10.1. The Morgan fingerprint density at radius 2 is 1.71 bits per heavy atom. The average molecular weight is 428 g/mol. The van der Waals surface area contributed by atoms with Gasteiger partial charge in [0.15, 0.2) is 5.96 Å². The summed E-state index contributed by atoms with van der Waals surface area (Å²) in [6.07, 6.45) is 2.97. The minimum atomic E-state index is -0.756. The highest BCUT2D eigenvalue weighted by Gasteiger charge is 2.23. The van der Waals surface area contributed by atoms with Crippen molar-refractivity contribution < 1.29 is 9.59 Å². The van der Waals surface area contributed by atoms with Gasteiger partial charge >= 0.3 is 0 Å². The predicted molar refractivity (Wildman–Crippen MR) is 125 cm³/mol. The number of hydrogen-bond acceptors (Lipinski definition) is 5. The van der Waals surface area contributed by atoms with Crippen LogP contribution in [0.15, 0.2) is 42.5 Å². The first-order valence-electron chi connectivity index (χ1n) is 10.5. The van der Waals surface area contributed by atoms with Crippen molar-refractivity contribution >= 4 is 34.2 Å². The summed E-state index contributed by atoms with van der Waals surface area (Å²) in [6, 6.07) is 12.1. The number of anilines is 1. The van der Waals surface area contributed by atoms with E-state index in [1.54, 1.807) is 0 Å². The molecule has 2 rings (SSSR count). The Morgan fingerprint density at radius 1 is 0.968 bits per heavy atom. The molecule has 10 N–H and O–H groups in total. The molecule has 0 unspecified atom stereocenters. The molecule has 0 aliphatic heterocycles. The van der Waals surface area contributed by atoms with E-state index in [1.165, 1.54) is 0 Å². The fraction of sp³-hybridized carbons (Fsp3) is 0.409. The smallest absolute Gasteiger partial charge is 0.246 e. The monoisotopic (exact) mass is 427 g/mol. The van der Waals surface area contributed by atoms with Crippen LogP contribution in [0.2, 0.25) is 0 Å². The molecule has 168 valence electrons. The summed E-state index contributed by atoms with van der Waals surface area (Å²) < 4.78 is 0. The number of benzene rings is 2. The summed E-state index contributed by atoms with van der Waals surface area (Å²) >= 11 is 0. The van der Waals surface area contributed by atoms with Crippen molar-refractivity contribution in [2.45, 2.75) is 44.2 Å². The minimum Gasteiger partial charge on any atom is -0.370 e. The van der Waals surface area contributed by atoms with E-state index in [1.807, 2.05) is 42.5 Å². The summed E-state index contributed by atoms with van der Waals surface area (Å²) in [5.74, 6) is -0.820. The zero-order chi connectivity index (χ0) is 22.6. The molecule has 9 heteroatoms. The number of hydrogen-bond donors (Lipinski definition) is 7. The quantitative estimate of drug-likeness (QED) is 0.151. The molecular formula is C22H33N7O2. The van der Waals surface area contributed by atoms with E-state index in [2.05, 4.69) is 16.0 Å². The van der Waals surface area contributed by atoms with Crippen molar-refractivity contribution in [3.05, 3.63) is 42.5 Å². The molecule has 0 heterocycles. The highest BCUT2D eigenvalue weighted by molar-refractivity contribution is 5.99. The third-order valence-electron chi connectivity index (χ3n) is 4.94. The number of carbonyl (C=O) groups excluding carboxylic acids is 2. The molecule has 0 aromatic heterocycles. The molecule has 9 nitrogen and oxygen atoms in total. The first-order valence-corrected chi connectivity index (χ1v) is 10.5. The molecule has 2 aromatic carbocycles. The Hall–Kier alpha value is -3.17. The van der Waals surface area contributed by atoms with Crippen LogP contribution in [-0.2, 0) is 9.59 Å². The lowest BCUT2D eigenvalue weighted by Gasteiger charge is -2.21. The van der Waals surface area contributed by atoms with Gasteiger partial charge in [0.1, 0.15) is 6.04 Å². The molecule has 0 aliphatic carbocycles. The van der Waals surface area contributed by atoms with E-state index in [-0.39, 0.29) is 17.8 Å². The van der Waals surface area contributed by atoms with Crippen LogP contribution < -0.4 is 33.2 Å². The zero-order valence-electron chi connectivity index (χ0n) is 17.7. The number of nitrogens with one attached hydrogen (secondary N) is 4. The van der Waals surface area contributed by atoms with E-state index >= 15 is 0 Å². The molecule has 0 spiro atoms. The number of amides is 2. The van der Waals surface area contributed by atoms with E-state index in [0.717, 1.165) is 23.6 Å². The Kier molecular flexibility index (Phi) is 9.73. The van der Waals surface area contributed by atoms with Gasteiger partial charge in [0.05, 0.1) is 6.04 Å². The summed E-state index contributed by atoms with van der Waals surface area (Å²) in [4.78, 5) is 25.4. The standard InChI is InChI=1S/C22H33N7O2/c23-12-4-3-8-18(24)20(30)29-19(9-5-13-27-22(25)26)21(31)28-17-11-10-15-6-1-2-7-16(15)14-17/h1-2,6-7,10-11,14,18-19H,3-5,8-9,12-13,23-24H2,(H,28,31)(H,29,30)(H4,25,26,27)/t18-,19-/m0/s1. The van der Waals surface area contributed by atoms with Gasteiger partial charge in [-0.25, -0.2) is 0 Å². The fourth-order valence-electron chi connectivity index (χ4n) is 3.21. The molecule has 0 radical (unpaired) electrons. The first kappa shape index (κ1) is 24.1.